The fourth-order valence-electron chi connectivity index (χ4n) is 3.15. The molecule has 3 rings (SSSR count). The Labute approximate surface area is 153 Å². The molecule has 1 aliphatic rings. The van der Waals surface area contributed by atoms with Gasteiger partial charge in [0.05, 0.1) is 5.69 Å². The van der Waals surface area contributed by atoms with E-state index in [1.54, 1.807) is 0 Å². The van der Waals surface area contributed by atoms with Crippen molar-refractivity contribution in [2.75, 3.05) is 6.54 Å². The summed E-state index contributed by atoms with van der Waals surface area (Å²) >= 11 is 6.00. The fourth-order valence-corrected chi connectivity index (χ4v) is 3.27. The van der Waals surface area contributed by atoms with Gasteiger partial charge in [0, 0.05) is 28.4 Å². The molecule has 1 aromatic carbocycles. The van der Waals surface area contributed by atoms with Crippen molar-refractivity contribution >= 4 is 17.5 Å². The summed E-state index contributed by atoms with van der Waals surface area (Å²) in [4.78, 5) is 12.7. The lowest BCUT2D eigenvalue weighted by Crippen LogP contribution is -2.45. The molecule has 0 saturated heterocycles. The summed E-state index contributed by atoms with van der Waals surface area (Å²) in [6.07, 6.45) is 5.19. The number of nitrogens with one attached hydrogen (secondary N) is 1. The van der Waals surface area contributed by atoms with E-state index in [4.69, 9.17) is 17.3 Å². The molecule has 1 amide bonds. The molecule has 134 valence electrons. The first-order chi connectivity index (χ1) is 11.8. The van der Waals surface area contributed by atoms with Gasteiger partial charge in [-0.2, -0.15) is 5.10 Å². The monoisotopic (exact) mass is 360 g/mol. The van der Waals surface area contributed by atoms with Crippen LogP contribution in [0.25, 0.3) is 5.69 Å². The molecule has 0 aliphatic heterocycles. The molecule has 1 aromatic heterocycles. The molecule has 6 heteroatoms. The van der Waals surface area contributed by atoms with Crippen molar-refractivity contribution in [2.45, 2.75) is 51.5 Å². The molecule has 5 nitrogen and oxygen atoms in total. The van der Waals surface area contributed by atoms with E-state index in [9.17, 15) is 4.79 Å². The van der Waals surface area contributed by atoms with Gasteiger partial charge in [0.2, 0.25) is 0 Å². The van der Waals surface area contributed by atoms with Crippen molar-refractivity contribution in [3.8, 4) is 5.69 Å². The maximum atomic E-state index is 12.7. The highest BCUT2D eigenvalue weighted by molar-refractivity contribution is 6.30. The van der Waals surface area contributed by atoms with Crippen molar-refractivity contribution in [3.05, 3.63) is 46.2 Å². The second kappa shape index (κ2) is 7.18. The number of nitrogens with zero attached hydrogens (tertiary/aromatic N) is 2. The topological polar surface area (TPSA) is 72.9 Å². The van der Waals surface area contributed by atoms with Gasteiger partial charge in [-0.1, -0.05) is 18.0 Å². The quantitative estimate of drug-likeness (QED) is 0.822. The largest absolute Gasteiger partial charge is 0.349 e. The van der Waals surface area contributed by atoms with E-state index in [2.05, 4.69) is 10.4 Å². The predicted octanol–water partition coefficient (Wildman–Crippen LogP) is 3.26. The van der Waals surface area contributed by atoms with Gasteiger partial charge < -0.3 is 11.1 Å². The molecular formula is C19H25ClN4O. The van der Waals surface area contributed by atoms with E-state index in [1.165, 1.54) is 6.42 Å². The molecule has 2 aromatic rings. The first-order valence-corrected chi connectivity index (χ1v) is 9.17. The normalized spacial score (nSPS) is 14.7. The van der Waals surface area contributed by atoms with Crippen LogP contribution in [0, 0.1) is 0 Å². The average Bonchev–Trinajstić information content (AvgIpc) is 2.75. The van der Waals surface area contributed by atoms with Gasteiger partial charge in [-0.3, -0.25) is 4.79 Å². The highest BCUT2D eigenvalue weighted by atomic mass is 35.5. The van der Waals surface area contributed by atoms with Gasteiger partial charge in [-0.05, 0) is 63.8 Å². The fraction of sp³-hybridized carbons (Fsp3) is 0.474. The molecule has 0 radical (unpaired) electrons. The van der Waals surface area contributed by atoms with E-state index >= 15 is 0 Å². The molecule has 1 heterocycles. The van der Waals surface area contributed by atoms with Crippen LogP contribution in [0.3, 0.4) is 0 Å². The minimum atomic E-state index is -0.453. The van der Waals surface area contributed by atoms with Crippen molar-refractivity contribution in [3.63, 3.8) is 0 Å². The van der Waals surface area contributed by atoms with Crippen LogP contribution in [0.4, 0.5) is 0 Å². The van der Waals surface area contributed by atoms with E-state index < -0.39 is 5.54 Å². The Morgan fingerprint density at radius 1 is 1.24 bits per heavy atom. The lowest BCUT2D eigenvalue weighted by Gasteiger charge is -2.18. The van der Waals surface area contributed by atoms with Gasteiger partial charge in [-0.25, -0.2) is 4.68 Å². The maximum absolute atomic E-state index is 12.7. The highest BCUT2D eigenvalue weighted by Crippen LogP contribution is 2.27. The first kappa shape index (κ1) is 18.0. The molecule has 25 heavy (non-hydrogen) atoms. The Balaban J connectivity index is 1.98. The van der Waals surface area contributed by atoms with Crippen LogP contribution in [0.1, 0.15) is 54.9 Å². The molecule has 1 aliphatic carbocycles. The molecule has 0 spiro atoms. The van der Waals surface area contributed by atoms with Crippen LogP contribution in [-0.4, -0.2) is 27.8 Å². The van der Waals surface area contributed by atoms with Crippen molar-refractivity contribution in [1.29, 1.82) is 0 Å². The number of fused-ring (bicyclic) bond motifs is 1. The van der Waals surface area contributed by atoms with Gasteiger partial charge in [0.1, 0.15) is 0 Å². The molecule has 3 N–H and O–H groups in total. The number of hydrogen-bond donors (Lipinski definition) is 2. The van der Waals surface area contributed by atoms with Crippen LogP contribution in [0.2, 0.25) is 5.02 Å². The second-order valence-corrected chi connectivity index (χ2v) is 7.83. The standard InChI is InChI=1S/C19H25ClN4O/c1-19(2,21)12-22-18(25)17-15-6-4-3-5-7-16(15)24(23-17)14-10-8-13(20)9-11-14/h8-11H,3-7,12,21H2,1-2H3,(H,22,25). The minimum Gasteiger partial charge on any atom is -0.349 e. The van der Waals surface area contributed by atoms with Crippen LogP contribution in [0.5, 0.6) is 0 Å². The zero-order chi connectivity index (χ0) is 18.0. The van der Waals surface area contributed by atoms with Crippen LogP contribution < -0.4 is 11.1 Å². The van der Waals surface area contributed by atoms with E-state index in [0.29, 0.717) is 17.3 Å². The van der Waals surface area contributed by atoms with Gasteiger partial charge >= 0.3 is 0 Å². The molecule has 0 atom stereocenters. The summed E-state index contributed by atoms with van der Waals surface area (Å²) in [6, 6.07) is 7.56. The van der Waals surface area contributed by atoms with Crippen LogP contribution in [-0.2, 0) is 12.8 Å². The summed E-state index contributed by atoms with van der Waals surface area (Å²) in [5, 5.41) is 8.26. The number of halogens is 1. The van der Waals surface area contributed by atoms with Crippen molar-refractivity contribution in [2.24, 2.45) is 5.73 Å². The maximum Gasteiger partial charge on any atom is 0.272 e. The molecule has 0 saturated carbocycles. The average molecular weight is 361 g/mol. The summed E-state index contributed by atoms with van der Waals surface area (Å²) < 4.78 is 1.90. The number of aromatic nitrogens is 2. The SMILES string of the molecule is CC(C)(N)CNC(=O)c1nn(-c2ccc(Cl)cc2)c2c1CCCCC2. The Kier molecular flexibility index (Phi) is 5.16. The Morgan fingerprint density at radius 2 is 1.92 bits per heavy atom. The molecule has 0 fully saturated rings. The van der Waals surface area contributed by atoms with E-state index in [1.807, 2.05) is 42.8 Å². The number of benzene rings is 1. The summed E-state index contributed by atoms with van der Waals surface area (Å²) in [7, 11) is 0. The minimum absolute atomic E-state index is 0.149. The molecule has 0 unspecified atom stereocenters. The number of hydrogen-bond acceptors (Lipinski definition) is 3. The van der Waals surface area contributed by atoms with Gasteiger partial charge in [0.15, 0.2) is 5.69 Å². The third-order valence-electron chi connectivity index (χ3n) is 4.42. The van der Waals surface area contributed by atoms with Crippen molar-refractivity contribution < 1.29 is 4.79 Å². The number of carbonyl (C=O) groups excluding carboxylic acids is 1. The van der Waals surface area contributed by atoms with Gasteiger partial charge in [0.25, 0.3) is 5.91 Å². The predicted molar refractivity (Wildman–Crippen MR) is 100 cm³/mol. The van der Waals surface area contributed by atoms with Crippen molar-refractivity contribution in [1.82, 2.24) is 15.1 Å². The number of nitrogens with two attached hydrogens (primary N) is 1. The summed E-state index contributed by atoms with van der Waals surface area (Å²) in [5.41, 5.74) is 9.19. The summed E-state index contributed by atoms with van der Waals surface area (Å²) in [6.45, 7) is 4.19. The number of rotatable bonds is 4. The van der Waals surface area contributed by atoms with E-state index in [-0.39, 0.29) is 5.91 Å². The third-order valence-corrected chi connectivity index (χ3v) is 4.67. The van der Waals surface area contributed by atoms with Crippen LogP contribution >= 0.6 is 11.6 Å². The smallest absolute Gasteiger partial charge is 0.272 e. The number of carbonyl (C=O) groups is 1. The summed E-state index contributed by atoms with van der Waals surface area (Å²) in [5.74, 6) is -0.149. The second-order valence-electron chi connectivity index (χ2n) is 7.39. The lowest BCUT2D eigenvalue weighted by atomic mass is 10.1. The zero-order valence-electron chi connectivity index (χ0n) is 14.8. The highest BCUT2D eigenvalue weighted by Gasteiger charge is 2.25. The third kappa shape index (κ3) is 4.22. The Morgan fingerprint density at radius 3 is 2.60 bits per heavy atom. The molecular weight excluding hydrogens is 336 g/mol. The number of amides is 1. The Bertz CT molecular complexity index is 759. The zero-order valence-corrected chi connectivity index (χ0v) is 15.6. The Hall–Kier alpha value is -1.85. The van der Waals surface area contributed by atoms with Gasteiger partial charge in [-0.15, -0.1) is 0 Å². The first-order valence-electron chi connectivity index (χ1n) is 8.79. The van der Waals surface area contributed by atoms with E-state index in [0.717, 1.165) is 42.6 Å². The lowest BCUT2D eigenvalue weighted by molar-refractivity contribution is 0.0939. The molecule has 0 bridgehead atoms. The van der Waals surface area contributed by atoms with Crippen LogP contribution in [0.15, 0.2) is 24.3 Å².